The Hall–Kier alpha value is -2.77. The third kappa shape index (κ3) is 4.32. The summed E-state index contributed by atoms with van der Waals surface area (Å²) >= 11 is 0. The van der Waals surface area contributed by atoms with E-state index in [9.17, 15) is 19.5 Å². The summed E-state index contributed by atoms with van der Waals surface area (Å²) in [5.74, 6) is -0.781. The fraction of sp³-hybridized carbons (Fsp3) is 0.526. The van der Waals surface area contributed by atoms with Crippen LogP contribution in [0.2, 0.25) is 0 Å². The summed E-state index contributed by atoms with van der Waals surface area (Å²) in [5, 5.41) is 11.9. The van der Waals surface area contributed by atoms with Gasteiger partial charge in [0.15, 0.2) is 0 Å². The zero-order chi connectivity index (χ0) is 19.6. The van der Waals surface area contributed by atoms with Gasteiger partial charge in [0.2, 0.25) is 11.8 Å². The van der Waals surface area contributed by atoms with Crippen LogP contribution in [0.1, 0.15) is 25.7 Å². The van der Waals surface area contributed by atoms with Gasteiger partial charge in [-0.3, -0.25) is 9.59 Å². The van der Waals surface area contributed by atoms with Crippen molar-refractivity contribution in [2.45, 2.75) is 31.7 Å². The second kappa shape index (κ2) is 7.85. The second-order valence-corrected chi connectivity index (χ2v) is 7.02. The van der Waals surface area contributed by atoms with Crippen molar-refractivity contribution >= 4 is 23.5 Å². The normalized spacial score (nSPS) is 20.3. The third-order valence-electron chi connectivity index (χ3n) is 5.05. The van der Waals surface area contributed by atoms with Gasteiger partial charge in [-0.25, -0.2) is 4.79 Å². The fourth-order valence-electron chi connectivity index (χ4n) is 3.32. The van der Waals surface area contributed by atoms with Crippen LogP contribution in [0.3, 0.4) is 0 Å². The van der Waals surface area contributed by atoms with Crippen LogP contribution in [0, 0.1) is 11.8 Å². The SMILES string of the molecule is COc1ccc(N2CC(C(=O)NC(CC3CC3)C(=O)O)CC2=O)c(OC)c1. The number of benzene rings is 1. The third-order valence-corrected chi connectivity index (χ3v) is 5.05. The van der Waals surface area contributed by atoms with Gasteiger partial charge in [-0.05, 0) is 24.5 Å². The number of carbonyl (C=O) groups excluding carboxylic acids is 2. The van der Waals surface area contributed by atoms with E-state index in [1.54, 1.807) is 18.2 Å². The maximum atomic E-state index is 12.5. The number of amides is 2. The van der Waals surface area contributed by atoms with Crippen LogP contribution >= 0.6 is 0 Å². The maximum absolute atomic E-state index is 12.5. The molecule has 27 heavy (non-hydrogen) atoms. The average molecular weight is 376 g/mol. The highest BCUT2D eigenvalue weighted by Gasteiger charge is 2.38. The second-order valence-electron chi connectivity index (χ2n) is 7.02. The molecule has 0 radical (unpaired) electrons. The Labute approximate surface area is 157 Å². The molecule has 1 heterocycles. The predicted octanol–water partition coefficient (Wildman–Crippen LogP) is 1.43. The molecule has 8 heteroatoms. The first kappa shape index (κ1) is 19.0. The molecular formula is C19H24N2O6. The van der Waals surface area contributed by atoms with Gasteiger partial charge in [0.25, 0.3) is 0 Å². The van der Waals surface area contributed by atoms with Crippen LogP contribution in [0.5, 0.6) is 11.5 Å². The Morgan fingerprint density at radius 3 is 2.63 bits per heavy atom. The lowest BCUT2D eigenvalue weighted by Crippen LogP contribution is -2.44. The molecule has 1 aromatic carbocycles. The van der Waals surface area contributed by atoms with Crippen molar-refractivity contribution in [3.8, 4) is 11.5 Å². The van der Waals surface area contributed by atoms with E-state index in [0.717, 1.165) is 12.8 Å². The summed E-state index contributed by atoms with van der Waals surface area (Å²) in [4.78, 5) is 37.9. The average Bonchev–Trinajstić information content (AvgIpc) is 3.39. The van der Waals surface area contributed by atoms with Gasteiger partial charge in [0, 0.05) is 19.0 Å². The summed E-state index contributed by atoms with van der Waals surface area (Å²) in [6, 6.07) is 4.20. The molecule has 3 rings (SSSR count). The van der Waals surface area contributed by atoms with Crippen LogP contribution < -0.4 is 19.7 Å². The summed E-state index contributed by atoms with van der Waals surface area (Å²) in [7, 11) is 3.04. The molecule has 1 saturated heterocycles. The predicted molar refractivity (Wildman–Crippen MR) is 96.9 cm³/mol. The molecule has 0 aromatic heterocycles. The molecule has 2 unspecified atom stereocenters. The highest BCUT2D eigenvalue weighted by Crippen LogP contribution is 2.36. The number of carboxylic acid groups (broad SMARTS) is 1. The number of hydrogen-bond acceptors (Lipinski definition) is 5. The molecule has 1 saturated carbocycles. The molecule has 1 aliphatic heterocycles. The molecule has 8 nitrogen and oxygen atoms in total. The number of ether oxygens (including phenoxy) is 2. The van der Waals surface area contributed by atoms with Crippen molar-refractivity contribution in [1.82, 2.24) is 5.32 Å². The molecule has 1 aromatic rings. The van der Waals surface area contributed by atoms with E-state index in [1.807, 2.05) is 0 Å². The number of nitrogens with one attached hydrogen (secondary N) is 1. The van der Waals surface area contributed by atoms with E-state index in [4.69, 9.17) is 9.47 Å². The summed E-state index contributed by atoms with van der Waals surface area (Å²) < 4.78 is 10.5. The van der Waals surface area contributed by atoms with Gasteiger partial charge in [-0.1, -0.05) is 12.8 Å². The van der Waals surface area contributed by atoms with E-state index in [-0.39, 0.29) is 18.9 Å². The van der Waals surface area contributed by atoms with Crippen molar-refractivity contribution in [3.05, 3.63) is 18.2 Å². The van der Waals surface area contributed by atoms with E-state index in [0.29, 0.717) is 29.5 Å². The first-order valence-corrected chi connectivity index (χ1v) is 8.98. The van der Waals surface area contributed by atoms with Crippen LogP contribution in [0.25, 0.3) is 0 Å². The molecule has 2 aliphatic rings. The summed E-state index contributed by atoms with van der Waals surface area (Å²) in [5.41, 5.74) is 0.561. The number of carboxylic acids is 1. The van der Waals surface area contributed by atoms with Gasteiger partial charge in [-0.15, -0.1) is 0 Å². The largest absolute Gasteiger partial charge is 0.497 e. The van der Waals surface area contributed by atoms with Gasteiger partial charge in [-0.2, -0.15) is 0 Å². The van der Waals surface area contributed by atoms with Crippen LogP contribution in [0.15, 0.2) is 18.2 Å². The lowest BCUT2D eigenvalue weighted by atomic mass is 10.1. The highest BCUT2D eigenvalue weighted by atomic mass is 16.5. The van der Waals surface area contributed by atoms with Gasteiger partial charge >= 0.3 is 5.97 Å². The number of carbonyl (C=O) groups is 3. The van der Waals surface area contributed by atoms with Crippen LogP contribution in [-0.2, 0) is 14.4 Å². The number of hydrogen-bond donors (Lipinski definition) is 2. The number of methoxy groups -OCH3 is 2. The van der Waals surface area contributed by atoms with Gasteiger partial charge in [0.1, 0.15) is 17.5 Å². The zero-order valence-electron chi connectivity index (χ0n) is 15.4. The lowest BCUT2D eigenvalue weighted by molar-refractivity contribution is -0.142. The van der Waals surface area contributed by atoms with Crippen molar-refractivity contribution in [3.63, 3.8) is 0 Å². The van der Waals surface area contributed by atoms with Crippen molar-refractivity contribution < 1.29 is 29.0 Å². The lowest BCUT2D eigenvalue weighted by Gasteiger charge is -2.21. The Balaban J connectivity index is 1.69. The van der Waals surface area contributed by atoms with Crippen molar-refractivity contribution in [2.24, 2.45) is 11.8 Å². The quantitative estimate of drug-likeness (QED) is 0.711. The molecule has 2 amide bonds. The standard InChI is InChI=1S/C19H24N2O6/c1-26-13-5-6-15(16(9-13)27-2)21-10-12(8-17(21)22)18(23)20-14(19(24)25)7-11-3-4-11/h5-6,9,11-12,14H,3-4,7-8,10H2,1-2H3,(H,20,23)(H,24,25). The highest BCUT2D eigenvalue weighted by molar-refractivity contribution is 6.01. The minimum atomic E-state index is -1.03. The fourth-order valence-corrected chi connectivity index (χ4v) is 3.32. The smallest absolute Gasteiger partial charge is 0.326 e. The Kier molecular flexibility index (Phi) is 5.53. The molecule has 1 aliphatic carbocycles. The zero-order valence-corrected chi connectivity index (χ0v) is 15.4. The molecule has 146 valence electrons. The van der Waals surface area contributed by atoms with E-state index >= 15 is 0 Å². The Morgan fingerprint density at radius 1 is 1.30 bits per heavy atom. The van der Waals surface area contributed by atoms with Gasteiger partial charge < -0.3 is 24.8 Å². The van der Waals surface area contributed by atoms with Crippen molar-refractivity contribution in [1.29, 1.82) is 0 Å². The topological polar surface area (TPSA) is 105 Å². The van der Waals surface area contributed by atoms with Crippen LogP contribution in [-0.4, -0.2) is 49.7 Å². The maximum Gasteiger partial charge on any atom is 0.326 e. The Morgan fingerprint density at radius 2 is 2.04 bits per heavy atom. The number of anilines is 1. The molecule has 2 atom stereocenters. The number of rotatable bonds is 8. The Bertz CT molecular complexity index is 746. The molecule has 0 spiro atoms. The first-order valence-electron chi connectivity index (χ1n) is 8.98. The number of aliphatic carboxylic acids is 1. The molecule has 0 bridgehead atoms. The van der Waals surface area contributed by atoms with Gasteiger partial charge in [0.05, 0.1) is 25.8 Å². The summed E-state index contributed by atoms with van der Waals surface area (Å²) in [6.45, 7) is 0.184. The molecular weight excluding hydrogens is 352 g/mol. The van der Waals surface area contributed by atoms with Crippen LogP contribution in [0.4, 0.5) is 5.69 Å². The number of nitrogens with zero attached hydrogens (tertiary/aromatic N) is 1. The monoisotopic (exact) mass is 376 g/mol. The minimum Gasteiger partial charge on any atom is -0.497 e. The molecule has 2 fully saturated rings. The molecule has 2 N–H and O–H groups in total. The van der Waals surface area contributed by atoms with E-state index in [2.05, 4.69) is 5.32 Å². The summed E-state index contributed by atoms with van der Waals surface area (Å²) in [6.07, 6.45) is 2.49. The first-order chi connectivity index (χ1) is 12.9. The van der Waals surface area contributed by atoms with E-state index < -0.39 is 23.8 Å². The minimum absolute atomic E-state index is 0.0385. The van der Waals surface area contributed by atoms with E-state index in [1.165, 1.54) is 19.1 Å². The van der Waals surface area contributed by atoms with Crippen molar-refractivity contribution in [2.75, 3.05) is 25.7 Å².